The number of nitrogens with zero attached hydrogens (tertiary/aromatic N) is 1. The van der Waals surface area contributed by atoms with Crippen molar-refractivity contribution in [2.75, 3.05) is 13.7 Å². The maximum Gasteiger partial charge on any atom is 0.295 e. The number of hydrogen-bond acceptors (Lipinski definition) is 5. The average molecular weight is 480 g/mol. The Labute approximate surface area is 208 Å². The number of carbonyl (C=O) groups is 2. The highest BCUT2D eigenvalue weighted by Gasteiger charge is 2.47. The van der Waals surface area contributed by atoms with Gasteiger partial charge in [0.1, 0.15) is 17.3 Å². The van der Waals surface area contributed by atoms with Crippen LogP contribution in [-0.2, 0) is 9.59 Å². The fraction of sp³-hybridized carbons (Fsp3) is 0.448. The van der Waals surface area contributed by atoms with Gasteiger partial charge in [-0.25, -0.2) is 0 Å². The lowest BCUT2D eigenvalue weighted by atomic mass is 9.90. The maximum absolute atomic E-state index is 13.4. The minimum Gasteiger partial charge on any atom is -0.507 e. The molecule has 1 aliphatic rings. The fourth-order valence-electron chi connectivity index (χ4n) is 4.56. The van der Waals surface area contributed by atoms with Crippen LogP contribution < -0.4 is 9.47 Å². The molecular weight excluding hydrogens is 442 g/mol. The van der Waals surface area contributed by atoms with Crippen LogP contribution in [0.3, 0.4) is 0 Å². The van der Waals surface area contributed by atoms with Gasteiger partial charge in [-0.1, -0.05) is 45.4 Å². The number of para-hydroxylation sites is 1. The Morgan fingerprint density at radius 1 is 1.09 bits per heavy atom. The SMILES string of the molecule is CCCCN1C(=O)C(=O)/C(=C(/O)c2cc(C(C)C)c(OC)cc2C)C1c1ccccc1OC(C)C. The average Bonchev–Trinajstić information content (AvgIpc) is 3.06. The third-order valence-electron chi connectivity index (χ3n) is 6.32. The fourth-order valence-corrected chi connectivity index (χ4v) is 4.56. The Kier molecular flexibility index (Phi) is 8.26. The number of hydrogen-bond donors (Lipinski definition) is 1. The van der Waals surface area contributed by atoms with Gasteiger partial charge in [0.15, 0.2) is 0 Å². The molecule has 1 aliphatic heterocycles. The molecule has 0 radical (unpaired) electrons. The number of unbranched alkanes of at least 4 members (excludes halogenated alkanes) is 1. The molecule has 6 nitrogen and oxygen atoms in total. The van der Waals surface area contributed by atoms with Crippen molar-refractivity contribution in [3.63, 3.8) is 0 Å². The zero-order chi connectivity index (χ0) is 25.9. The maximum atomic E-state index is 13.4. The summed E-state index contributed by atoms with van der Waals surface area (Å²) in [5, 5.41) is 11.6. The van der Waals surface area contributed by atoms with Gasteiger partial charge in [-0.2, -0.15) is 0 Å². The van der Waals surface area contributed by atoms with Crippen molar-refractivity contribution in [1.29, 1.82) is 0 Å². The Morgan fingerprint density at radius 2 is 1.77 bits per heavy atom. The van der Waals surface area contributed by atoms with E-state index >= 15 is 0 Å². The molecule has 0 spiro atoms. The predicted molar refractivity (Wildman–Crippen MR) is 138 cm³/mol. The normalized spacial score (nSPS) is 17.5. The third kappa shape index (κ3) is 5.21. The minimum atomic E-state index is -0.736. The van der Waals surface area contributed by atoms with E-state index in [4.69, 9.17) is 9.47 Å². The third-order valence-corrected chi connectivity index (χ3v) is 6.32. The van der Waals surface area contributed by atoms with Crippen LogP contribution >= 0.6 is 0 Å². The molecule has 2 aromatic rings. The van der Waals surface area contributed by atoms with E-state index in [1.807, 2.05) is 77.9 Å². The number of aliphatic hydroxyl groups excluding tert-OH is 1. The minimum absolute atomic E-state index is 0.0912. The highest BCUT2D eigenvalue weighted by Crippen LogP contribution is 2.44. The number of amides is 1. The number of aliphatic hydroxyl groups is 1. The first kappa shape index (κ1) is 26.3. The quantitative estimate of drug-likeness (QED) is 0.266. The van der Waals surface area contributed by atoms with Gasteiger partial charge in [-0.15, -0.1) is 0 Å². The molecule has 0 saturated carbocycles. The molecule has 35 heavy (non-hydrogen) atoms. The summed E-state index contributed by atoms with van der Waals surface area (Å²) in [5.74, 6) is 0.0124. The van der Waals surface area contributed by atoms with E-state index in [0.717, 1.165) is 29.7 Å². The molecule has 0 aliphatic carbocycles. The lowest BCUT2D eigenvalue weighted by molar-refractivity contribution is -0.139. The van der Waals surface area contributed by atoms with E-state index in [0.29, 0.717) is 23.4 Å². The van der Waals surface area contributed by atoms with Gasteiger partial charge in [0.25, 0.3) is 11.7 Å². The van der Waals surface area contributed by atoms with Crippen molar-refractivity contribution in [1.82, 2.24) is 4.90 Å². The van der Waals surface area contributed by atoms with E-state index in [9.17, 15) is 14.7 Å². The Bertz CT molecular complexity index is 1130. The van der Waals surface area contributed by atoms with Gasteiger partial charge >= 0.3 is 0 Å². The van der Waals surface area contributed by atoms with Gasteiger partial charge in [0.2, 0.25) is 0 Å². The van der Waals surface area contributed by atoms with Gasteiger partial charge in [-0.3, -0.25) is 9.59 Å². The van der Waals surface area contributed by atoms with Gasteiger partial charge in [-0.05, 0) is 62.4 Å². The van der Waals surface area contributed by atoms with Crippen LogP contribution in [0.4, 0.5) is 0 Å². The van der Waals surface area contributed by atoms with Crippen LogP contribution in [0.15, 0.2) is 42.0 Å². The first-order chi connectivity index (χ1) is 16.6. The number of ketones is 1. The Hall–Kier alpha value is -3.28. The van der Waals surface area contributed by atoms with Crippen LogP contribution in [0.1, 0.15) is 81.7 Å². The van der Waals surface area contributed by atoms with Crippen LogP contribution in [0.25, 0.3) is 5.76 Å². The number of benzene rings is 2. The van der Waals surface area contributed by atoms with Crippen molar-refractivity contribution in [3.05, 3.63) is 64.2 Å². The summed E-state index contributed by atoms with van der Waals surface area (Å²) in [4.78, 5) is 28.2. The number of aryl methyl sites for hydroxylation is 1. The van der Waals surface area contributed by atoms with Crippen LogP contribution in [0.5, 0.6) is 11.5 Å². The molecule has 1 amide bonds. The smallest absolute Gasteiger partial charge is 0.295 e. The molecular formula is C29H37NO5. The van der Waals surface area contributed by atoms with E-state index < -0.39 is 17.7 Å². The summed E-state index contributed by atoms with van der Waals surface area (Å²) < 4.78 is 11.6. The predicted octanol–water partition coefficient (Wildman–Crippen LogP) is 6.14. The summed E-state index contributed by atoms with van der Waals surface area (Å²) in [6.07, 6.45) is 1.52. The summed E-state index contributed by atoms with van der Waals surface area (Å²) >= 11 is 0. The van der Waals surface area contributed by atoms with Crippen molar-refractivity contribution >= 4 is 17.4 Å². The highest BCUT2D eigenvalue weighted by atomic mass is 16.5. The molecule has 0 bridgehead atoms. The molecule has 2 aromatic carbocycles. The number of carbonyl (C=O) groups excluding carboxylic acids is 2. The van der Waals surface area contributed by atoms with Crippen LogP contribution in [-0.4, -0.2) is 41.5 Å². The van der Waals surface area contributed by atoms with Crippen molar-refractivity contribution in [2.24, 2.45) is 0 Å². The number of Topliss-reactive ketones (excluding diaryl/α,β-unsaturated/α-hetero) is 1. The highest BCUT2D eigenvalue weighted by molar-refractivity contribution is 6.46. The molecule has 1 saturated heterocycles. The zero-order valence-corrected chi connectivity index (χ0v) is 21.8. The molecule has 1 heterocycles. The topological polar surface area (TPSA) is 76.1 Å². The first-order valence-electron chi connectivity index (χ1n) is 12.3. The van der Waals surface area contributed by atoms with Crippen molar-refractivity contribution < 1.29 is 24.2 Å². The van der Waals surface area contributed by atoms with E-state index in [-0.39, 0.29) is 23.4 Å². The lowest BCUT2D eigenvalue weighted by Gasteiger charge is -2.27. The molecule has 6 heteroatoms. The molecule has 3 rings (SSSR count). The second-order valence-corrected chi connectivity index (χ2v) is 9.61. The molecule has 1 fully saturated rings. The van der Waals surface area contributed by atoms with Crippen LogP contribution in [0.2, 0.25) is 0 Å². The molecule has 188 valence electrons. The summed E-state index contributed by atoms with van der Waals surface area (Å²) in [6, 6.07) is 10.4. The number of methoxy groups -OCH3 is 1. The number of rotatable bonds is 9. The lowest BCUT2D eigenvalue weighted by Crippen LogP contribution is -2.31. The second-order valence-electron chi connectivity index (χ2n) is 9.61. The summed E-state index contributed by atoms with van der Waals surface area (Å²) in [7, 11) is 1.62. The number of likely N-dealkylation sites (tertiary alicyclic amines) is 1. The van der Waals surface area contributed by atoms with Crippen molar-refractivity contribution in [2.45, 2.75) is 72.4 Å². The van der Waals surface area contributed by atoms with Gasteiger partial charge in [0.05, 0.1) is 24.8 Å². The van der Waals surface area contributed by atoms with Gasteiger partial charge in [0, 0.05) is 17.7 Å². The van der Waals surface area contributed by atoms with E-state index in [1.165, 1.54) is 0 Å². The molecule has 1 N–H and O–H groups in total. The largest absolute Gasteiger partial charge is 0.507 e. The molecule has 0 aromatic heterocycles. The summed E-state index contributed by atoms with van der Waals surface area (Å²) in [6.45, 7) is 12.3. The standard InChI is InChI=1S/C29H37NO5/c1-8-9-14-30-26(20-12-10-11-13-23(20)35-18(4)5)25(28(32)29(30)33)27(31)22-16-21(17(2)3)24(34-7)15-19(22)6/h10-13,15-18,26,31H,8-9,14H2,1-7H3/b27-25+. The van der Waals surface area contributed by atoms with E-state index in [1.54, 1.807) is 12.0 Å². The van der Waals surface area contributed by atoms with Crippen LogP contribution in [0, 0.1) is 6.92 Å². The summed E-state index contributed by atoms with van der Waals surface area (Å²) in [5.41, 5.74) is 2.98. The second kappa shape index (κ2) is 11.0. The van der Waals surface area contributed by atoms with Crippen molar-refractivity contribution in [3.8, 4) is 11.5 Å². The Balaban J connectivity index is 2.29. The first-order valence-corrected chi connectivity index (χ1v) is 12.3. The van der Waals surface area contributed by atoms with E-state index in [2.05, 4.69) is 0 Å². The van der Waals surface area contributed by atoms with Gasteiger partial charge < -0.3 is 19.5 Å². The Morgan fingerprint density at radius 3 is 2.37 bits per heavy atom. The monoisotopic (exact) mass is 479 g/mol. The molecule has 1 atom stereocenters. The zero-order valence-electron chi connectivity index (χ0n) is 21.8. The number of ether oxygens (including phenoxy) is 2. The molecule has 1 unspecified atom stereocenters.